The number of nitrogens with one attached hydrogen (secondary N) is 1. The maximum Gasteiger partial charge on any atom is 0.238 e. The zero-order valence-corrected chi connectivity index (χ0v) is 16.0. The summed E-state index contributed by atoms with van der Waals surface area (Å²) in [5.74, 6) is -0.0206. The summed E-state index contributed by atoms with van der Waals surface area (Å²) in [5.41, 5.74) is 2.04. The molecule has 4 rings (SSSR count). The summed E-state index contributed by atoms with van der Waals surface area (Å²) < 4.78 is 0. The Labute approximate surface area is 160 Å². The molecule has 1 N–H and O–H groups in total. The van der Waals surface area contributed by atoms with Crippen LogP contribution in [-0.4, -0.2) is 24.4 Å². The van der Waals surface area contributed by atoms with Crippen LogP contribution in [0.4, 0.5) is 5.69 Å². The first-order chi connectivity index (χ1) is 13.0. The van der Waals surface area contributed by atoms with Crippen LogP contribution in [0.5, 0.6) is 0 Å². The molecule has 27 heavy (non-hydrogen) atoms. The van der Waals surface area contributed by atoms with Gasteiger partial charge in [0.05, 0.1) is 5.41 Å². The molecule has 1 heterocycles. The quantitative estimate of drug-likeness (QED) is 0.854. The van der Waals surface area contributed by atoms with Gasteiger partial charge in [-0.15, -0.1) is 0 Å². The van der Waals surface area contributed by atoms with Gasteiger partial charge in [0.2, 0.25) is 11.8 Å². The number of amides is 2. The summed E-state index contributed by atoms with van der Waals surface area (Å²) in [4.78, 5) is 28.1. The number of benzene rings is 2. The number of para-hydroxylation sites is 1. The van der Waals surface area contributed by atoms with Crippen molar-refractivity contribution in [1.82, 2.24) is 5.32 Å². The molecule has 4 nitrogen and oxygen atoms in total. The third-order valence-corrected chi connectivity index (χ3v) is 6.24. The molecule has 4 heteroatoms. The van der Waals surface area contributed by atoms with E-state index in [2.05, 4.69) is 12.2 Å². The smallest absolute Gasteiger partial charge is 0.238 e. The van der Waals surface area contributed by atoms with E-state index in [1.807, 2.05) is 54.6 Å². The van der Waals surface area contributed by atoms with Gasteiger partial charge in [-0.25, -0.2) is 0 Å². The molecule has 140 valence electrons. The minimum Gasteiger partial charge on any atom is -0.351 e. The van der Waals surface area contributed by atoms with Crippen molar-refractivity contribution in [2.45, 2.75) is 50.0 Å². The zero-order valence-electron chi connectivity index (χ0n) is 16.0. The number of carbonyl (C=O) groups is 2. The van der Waals surface area contributed by atoms with Crippen LogP contribution in [-0.2, 0) is 21.4 Å². The summed E-state index contributed by atoms with van der Waals surface area (Å²) >= 11 is 0. The highest BCUT2D eigenvalue weighted by atomic mass is 16.2. The van der Waals surface area contributed by atoms with E-state index < -0.39 is 5.41 Å². The van der Waals surface area contributed by atoms with Crippen LogP contribution in [0.15, 0.2) is 54.6 Å². The number of rotatable bonds is 6. The molecule has 0 unspecified atom stereocenters. The van der Waals surface area contributed by atoms with E-state index in [9.17, 15) is 9.59 Å². The molecule has 0 bridgehead atoms. The zero-order chi connectivity index (χ0) is 19.1. The van der Waals surface area contributed by atoms with Crippen LogP contribution < -0.4 is 10.2 Å². The Morgan fingerprint density at radius 2 is 1.74 bits per heavy atom. The van der Waals surface area contributed by atoms with Crippen molar-refractivity contribution in [3.63, 3.8) is 0 Å². The van der Waals surface area contributed by atoms with Crippen molar-refractivity contribution in [2.24, 2.45) is 0 Å². The van der Waals surface area contributed by atoms with E-state index in [0.29, 0.717) is 6.42 Å². The summed E-state index contributed by atoms with van der Waals surface area (Å²) in [5, 5.41) is 3.21. The van der Waals surface area contributed by atoms with Crippen LogP contribution in [0, 0.1) is 0 Å². The topological polar surface area (TPSA) is 49.4 Å². The van der Waals surface area contributed by atoms with E-state index >= 15 is 0 Å². The van der Waals surface area contributed by atoms with Gasteiger partial charge in [0.1, 0.15) is 0 Å². The molecule has 1 saturated carbocycles. The Balaban J connectivity index is 1.72. The fourth-order valence-electron chi connectivity index (χ4n) is 4.40. The molecular formula is C23H26N2O2. The third-order valence-electron chi connectivity index (χ3n) is 6.24. The molecule has 2 aliphatic rings. The number of anilines is 1. The second-order valence-corrected chi connectivity index (χ2v) is 7.98. The molecule has 0 aromatic heterocycles. The minimum atomic E-state index is -0.847. The molecule has 2 amide bonds. The van der Waals surface area contributed by atoms with Gasteiger partial charge in [0.25, 0.3) is 0 Å². The SMILES string of the molecule is CCC1(NC(=O)C[C@]2(Cc3ccccc3)C(=O)N(C)c3ccccc32)CC1. The second-order valence-electron chi connectivity index (χ2n) is 7.98. The van der Waals surface area contributed by atoms with Crippen LogP contribution in [0.2, 0.25) is 0 Å². The average molecular weight is 362 g/mol. The van der Waals surface area contributed by atoms with Crippen LogP contribution in [0.25, 0.3) is 0 Å². The molecule has 1 fully saturated rings. The van der Waals surface area contributed by atoms with Gasteiger partial charge in [0, 0.05) is 24.7 Å². The average Bonchev–Trinajstić information content (AvgIpc) is 3.43. The van der Waals surface area contributed by atoms with E-state index in [1.54, 1.807) is 11.9 Å². The molecule has 2 aromatic carbocycles. The molecule has 0 radical (unpaired) electrons. The predicted octanol–water partition coefficient (Wildman–Crippen LogP) is 3.59. The number of hydrogen-bond acceptors (Lipinski definition) is 2. The van der Waals surface area contributed by atoms with Gasteiger partial charge in [-0.1, -0.05) is 55.5 Å². The third kappa shape index (κ3) is 3.03. The fraction of sp³-hybridized carbons (Fsp3) is 0.391. The summed E-state index contributed by atoms with van der Waals surface area (Å²) in [6.45, 7) is 2.11. The monoisotopic (exact) mass is 362 g/mol. The van der Waals surface area contributed by atoms with Crippen LogP contribution in [0.1, 0.15) is 43.7 Å². The first-order valence-electron chi connectivity index (χ1n) is 9.72. The van der Waals surface area contributed by atoms with Gasteiger partial charge in [-0.2, -0.15) is 0 Å². The highest BCUT2D eigenvalue weighted by Crippen LogP contribution is 2.46. The summed E-state index contributed by atoms with van der Waals surface area (Å²) in [6.07, 6.45) is 3.72. The van der Waals surface area contributed by atoms with Crippen molar-refractivity contribution < 1.29 is 9.59 Å². The number of likely N-dealkylation sites (N-methyl/N-ethyl adjacent to an activating group) is 1. The van der Waals surface area contributed by atoms with Crippen molar-refractivity contribution >= 4 is 17.5 Å². The van der Waals surface area contributed by atoms with Crippen molar-refractivity contribution in [3.05, 3.63) is 65.7 Å². The van der Waals surface area contributed by atoms with E-state index in [1.165, 1.54) is 0 Å². The van der Waals surface area contributed by atoms with E-state index in [0.717, 1.165) is 36.1 Å². The maximum absolute atomic E-state index is 13.4. The molecule has 1 atom stereocenters. The Kier molecular flexibility index (Phi) is 4.29. The normalized spacial score (nSPS) is 22.4. The second kappa shape index (κ2) is 6.52. The first-order valence-corrected chi connectivity index (χ1v) is 9.72. The van der Waals surface area contributed by atoms with Gasteiger partial charge in [0.15, 0.2) is 0 Å². The lowest BCUT2D eigenvalue weighted by atomic mass is 9.73. The summed E-state index contributed by atoms with van der Waals surface area (Å²) in [6, 6.07) is 17.9. The minimum absolute atomic E-state index is 0.00375. The Morgan fingerprint density at radius 1 is 1.07 bits per heavy atom. The standard InChI is InChI=1S/C23H26N2O2/c1-3-22(13-14-22)24-20(26)16-23(15-17-9-5-4-6-10-17)18-11-7-8-12-19(18)25(2)21(23)27/h4-12H,3,13-16H2,1-2H3,(H,24,26)/t23-/m0/s1. The molecule has 0 saturated heterocycles. The van der Waals surface area contributed by atoms with Gasteiger partial charge in [-0.3, -0.25) is 9.59 Å². The highest BCUT2D eigenvalue weighted by Gasteiger charge is 2.52. The number of nitrogens with zero attached hydrogens (tertiary/aromatic N) is 1. The first kappa shape index (κ1) is 17.8. The largest absolute Gasteiger partial charge is 0.351 e. The van der Waals surface area contributed by atoms with E-state index in [4.69, 9.17) is 0 Å². The van der Waals surface area contributed by atoms with E-state index in [-0.39, 0.29) is 23.8 Å². The van der Waals surface area contributed by atoms with Crippen LogP contribution >= 0.6 is 0 Å². The predicted molar refractivity (Wildman–Crippen MR) is 107 cm³/mol. The summed E-state index contributed by atoms with van der Waals surface area (Å²) in [7, 11) is 1.81. The molecule has 2 aromatic rings. The highest BCUT2D eigenvalue weighted by molar-refractivity contribution is 6.10. The van der Waals surface area contributed by atoms with Crippen molar-refractivity contribution in [3.8, 4) is 0 Å². The lowest BCUT2D eigenvalue weighted by Crippen LogP contribution is -2.46. The lowest BCUT2D eigenvalue weighted by Gasteiger charge is -2.29. The number of carbonyl (C=O) groups excluding carboxylic acids is 2. The van der Waals surface area contributed by atoms with Crippen molar-refractivity contribution in [2.75, 3.05) is 11.9 Å². The number of hydrogen-bond donors (Lipinski definition) is 1. The Bertz CT molecular complexity index is 873. The van der Waals surface area contributed by atoms with Gasteiger partial charge < -0.3 is 10.2 Å². The van der Waals surface area contributed by atoms with Crippen LogP contribution in [0.3, 0.4) is 0 Å². The lowest BCUT2D eigenvalue weighted by molar-refractivity contribution is -0.130. The number of fused-ring (bicyclic) bond motifs is 1. The van der Waals surface area contributed by atoms with Gasteiger partial charge in [-0.05, 0) is 42.9 Å². The fourth-order valence-corrected chi connectivity index (χ4v) is 4.40. The Morgan fingerprint density at radius 3 is 2.41 bits per heavy atom. The molecule has 1 aliphatic carbocycles. The van der Waals surface area contributed by atoms with Gasteiger partial charge >= 0.3 is 0 Å². The molecule has 0 spiro atoms. The molecular weight excluding hydrogens is 336 g/mol. The van der Waals surface area contributed by atoms with Crippen molar-refractivity contribution in [1.29, 1.82) is 0 Å². The Hall–Kier alpha value is -2.62. The maximum atomic E-state index is 13.4. The molecule has 1 aliphatic heterocycles.